The SMILES string of the molecule is CC(C)COC(=O)N1CCN(c2ccc(C(=O)N3CC[C@@]4(C3)OC(=O)c3ccccc34)c(Cl)c2)CC1. The fraction of sp³-hybridized carbons (Fsp3) is 0.444. The summed E-state index contributed by atoms with van der Waals surface area (Å²) >= 11 is 6.58. The van der Waals surface area contributed by atoms with Gasteiger partial charge in [0.05, 0.1) is 29.3 Å². The molecule has 5 rings (SSSR count). The molecule has 9 heteroatoms. The number of rotatable bonds is 4. The molecule has 0 unspecified atom stereocenters. The minimum absolute atomic E-state index is 0.179. The zero-order valence-electron chi connectivity index (χ0n) is 20.5. The minimum Gasteiger partial charge on any atom is -0.449 e. The highest BCUT2D eigenvalue weighted by molar-refractivity contribution is 6.34. The molecule has 2 amide bonds. The number of amides is 2. The number of hydrogen-bond acceptors (Lipinski definition) is 6. The molecule has 3 heterocycles. The summed E-state index contributed by atoms with van der Waals surface area (Å²) in [4.78, 5) is 43.5. The number of ether oxygens (including phenoxy) is 2. The normalized spacial score (nSPS) is 21.2. The zero-order chi connectivity index (χ0) is 25.4. The first-order chi connectivity index (χ1) is 17.3. The molecule has 1 atom stereocenters. The summed E-state index contributed by atoms with van der Waals surface area (Å²) in [5.74, 6) is -0.217. The molecular weight excluding hydrogens is 482 g/mol. The molecule has 2 aromatic carbocycles. The topological polar surface area (TPSA) is 79.4 Å². The Morgan fingerprint density at radius 1 is 1.06 bits per heavy atom. The highest BCUT2D eigenvalue weighted by Gasteiger charge is 2.51. The van der Waals surface area contributed by atoms with Crippen LogP contribution in [-0.2, 0) is 15.1 Å². The van der Waals surface area contributed by atoms with E-state index >= 15 is 0 Å². The average Bonchev–Trinajstić information content (AvgIpc) is 3.43. The van der Waals surface area contributed by atoms with E-state index in [0.29, 0.717) is 74.4 Å². The van der Waals surface area contributed by atoms with Crippen molar-refractivity contribution in [1.29, 1.82) is 0 Å². The molecule has 1 spiro atoms. The average molecular weight is 512 g/mol. The van der Waals surface area contributed by atoms with Crippen LogP contribution < -0.4 is 4.90 Å². The van der Waals surface area contributed by atoms with Crippen molar-refractivity contribution in [3.63, 3.8) is 0 Å². The van der Waals surface area contributed by atoms with Gasteiger partial charge < -0.3 is 24.2 Å². The highest BCUT2D eigenvalue weighted by atomic mass is 35.5. The van der Waals surface area contributed by atoms with E-state index in [-0.39, 0.29) is 18.0 Å². The van der Waals surface area contributed by atoms with Crippen molar-refractivity contribution in [2.24, 2.45) is 5.92 Å². The number of fused-ring (bicyclic) bond motifs is 2. The van der Waals surface area contributed by atoms with E-state index < -0.39 is 5.60 Å². The molecule has 0 bridgehead atoms. The van der Waals surface area contributed by atoms with E-state index in [0.717, 1.165) is 11.3 Å². The van der Waals surface area contributed by atoms with Crippen molar-refractivity contribution < 1.29 is 23.9 Å². The summed E-state index contributed by atoms with van der Waals surface area (Å²) in [6, 6.07) is 12.8. The Kier molecular flexibility index (Phi) is 6.55. The van der Waals surface area contributed by atoms with Gasteiger partial charge in [-0.1, -0.05) is 43.6 Å². The maximum absolute atomic E-state index is 13.3. The van der Waals surface area contributed by atoms with Crippen molar-refractivity contribution in [3.05, 3.63) is 64.2 Å². The van der Waals surface area contributed by atoms with Gasteiger partial charge in [-0.25, -0.2) is 9.59 Å². The molecular formula is C27H30ClN3O5. The van der Waals surface area contributed by atoms with Gasteiger partial charge in [0.15, 0.2) is 5.60 Å². The fourth-order valence-electron chi connectivity index (χ4n) is 5.13. The molecule has 2 fully saturated rings. The van der Waals surface area contributed by atoms with Crippen molar-refractivity contribution in [2.75, 3.05) is 50.8 Å². The van der Waals surface area contributed by atoms with Crippen LogP contribution in [0.3, 0.4) is 0 Å². The first kappa shape index (κ1) is 24.4. The van der Waals surface area contributed by atoms with Gasteiger partial charge in [-0.2, -0.15) is 0 Å². The monoisotopic (exact) mass is 511 g/mol. The lowest BCUT2D eigenvalue weighted by Crippen LogP contribution is -2.49. The molecule has 0 radical (unpaired) electrons. The van der Waals surface area contributed by atoms with Gasteiger partial charge in [-0.05, 0) is 30.2 Å². The number of carbonyl (C=O) groups excluding carboxylic acids is 3. The van der Waals surface area contributed by atoms with Crippen LogP contribution in [0.15, 0.2) is 42.5 Å². The number of hydrogen-bond donors (Lipinski definition) is 0. The van der Waals surface area contributed by atoms with E-state index in [2.05, 4.69) is 4.90 Å². The molecule has 36 heavy (non-hydrogen) atoms. The fourth-order valence-corrected chi connectivity index (χ4v) is 5.38. The van der Waals surface area contributed by atoms with Gasteiger partial charge in [0.1, 0.15) is 0 Å². The van der Waals surface area contributed by atoms with Crippen molar-refractivity contribution in [3.8, 4) is 0 Å². The van der Waals surface area contributed by atoms with Gasteiger partial charge in [0.2, 0.25) is 0 Å². The van der Waals surface area contributed by atoms with Crippen molar-refractivity contribution in [2.45, 2.75) is 25.9 Å². The number of anilines is 1. The number of esters is 1. The van der Waals surface area contributed by atoms with E-state index in [4.69, 9.17) is 21.1 Å². The van der Waals surface area contributed by atoms with Gasteiger partial charge in [-0.15, -0.1) is 0 Å². The summed E-state index contributed by atoms with van der Waals surface area (Å²) in [5, 5.41) is 0.376. The predicted molar refractivity (Wildman–Crippen MR) is 135 cm³/mol. The Hall–Kier alpha value is -3.26. The third-order valence-electron chi connectivity index (χ3n) is 7.07. The van der Waals surface area contributed by atoms with Crippen LogP contribution in [-0.4, -0.2) is 73.6 Å². The molecule has 8 nitrogen and oxygen atoms in total. The quantitative estimate of drug-likeness (QED) is 0.573. The highest BCUT2D eigenvalue weighted by Crippen LogP contribution is 2.43. The molecule has 0 N–H and O–H groups in total. The Morgan fingerprint density at radius 3 is 2.53 bits per heavy atom. The van der Waals surface area contributed by atoms with Crippen LogP contribution in [0.1, 0.15) is 46.5 Å². The lowest BCUT2D eigenvalue weighted by Gasteiger charge is -2.35. The first-order valence-corrected chi connectivity index (χ1v) is 12.7. The summed E-state index contributed by atoms with van der Waals surface area (Å²) in [5.41, 5.74) is 1.96. The number of carbonyl (C=O) groups is 3. The minimum atomic E-state index is -0.786. The Balaban J connectivity index is 1.22. The van der Waals surface area contributed by atoms with Crippen LogP contribution >= 0.6 is 11.6 Å². The lowest BCUT2D eigenvalue weighted by molar-refractivity contribution is -0.00306. The summed E-state index contributed by atoms with van der Waals surface area (Å²) < 4.78 is 11.1. The predicted octanol–water partition coefficient (Wildman–Crippen LogP) is 4.17. The van der Waals surface area contributed by atoms with Gasteiger partial charge >= 0.3 is 12.1 Å². The van der Waals surface area contributed by atoms with Gasteiger partial charge in [-0.3, -0.25) is 4.79 Å². The maximum Gasteiger partial charge on any atom is 0.409 e. The number of halogens is 1. The number of piperazine rings is 1. The maximum atomic E-state index is 13.3. The van der Waals surface area contributed by atoms with Gasteiger partial charge in [0, 0.05) is 50.4 Å². The Bertz CT molecular complexity index is 1190. The standard InChI is InChI=1S/C27H30ClN3O5/c1-18(2)16-35-26(34)30-13-11-29(12-14-30)19-7-8-21(23(28)15-19)24(32)31-10-9-27(17-31)22-6-4-3-5-20(22)25(33)36-27/h3-8,15,18H,9-14,16-17H2,1-2H3/t27-/m0/s1. The molecule has 190 valence electrons. The lowest BCUT2D eigenvalue weighted by atomic mass is 9.91. The smallest absolute Gasteiger partial charge is 0.409 e. The van der Waals surface area contributed by atoms with Gasteiger partial charge in [0.25, 0.3) is 5.91 Å². The zero-order valence-corrected chi connectivity index (χ0v) is 21.3. The van der Waals surface area contributed by atoms with Crippen molar-refractivity contribution in [1.82, 2.24) is 9.80 Å². The number of benzene rings is 2. The molecule has 0 saturated carbocycles. The van der Waals surface area contributed by atoms with Crippen LogP contribution in [0.5, 0.6) is 0 Å². The molecule has 0 aliphatic carbocycles. The Morgan fingerprint density at radius 2 is 1.81 bits per heavy atom. The molecule has 2 saturated heterocycles. The van der Waals surface area contributed by atoms with Crippen LogP contribution in [0.25, 0.3) is 0 Å². The molecule has 3 aliphatic rings. The first-order valence-electron chi connectivity index (χ1n) is 12.4. The second-order valence-corrected chi connectivity index (χ2v) is 10.4. The second kappa shape index (κ2) is 9.65. The second-order valence-electron chi connectivity index (χ2n) is 10.0. The van der Waals surface area contributed by atoms with Crippen molar-refractivity contribution >= 4 is 35.3 Å². The largest absolute Gasteiger partial charge is 0.449 e. The summed E-state index contributed by atoms with van der Waals surface area (Å²) in [7, 11) is 0. The number of likely N-dealkylation sites (tertiary alicyclic amines) is 1. The summed E-state index contributed by atoms with van der Waals surface area (Å²) in [6.07, 6.45) is 0.280. The number of nitrogens with zero attached hydrogens (tertiary/aromatic N) is 3. The molecule has 0 aromatic heterocycles. The van der Waals surface area contributed by atoms with E-state index in [9.17, 15) is 14.4 Å². The van der Waals surface area contributed by atoms with E-state index in [1.807, 2.05) is 38.1 Å². The molecule has 3 aliphatic heterocycles. The van der Waals surface area contributed by atoms with Crippen LogP contribution in [0.4, 0.5) is 10.5 Å². The Labute approximate surface area is 215 Å². The molecule has 2 aromatic rings. The third kappa shape index (κ3) is 4.50. The van der Waals surface area contributed by atoms with E-state index in [1.165, 1.54) is 0 Å². The van der Waals surface area contributed by atoms with E-state index in [1.54, 1.807) is 28.0 Å². The summed E-state index contributed by atoms with van der Waals surface area (Å²) in [6.45, 7) is 7.64. The van der Waals surface area contributed by atoms with Crippen LogP contribution in [0.2, 0.25) is 5.02 Å². The third-order valence-corrected chi connectivity index (χ3v) is 7.38. The van der Waals surface area contributed by atoms with Crippen LogP contribution in [0, 0.1) is 5.92 Å².